The molecule has 0 atom stereocenters. The zero-order chi connectivity index (χ0) is 25.1. The van der Waals surface area contributed by atoms with Crippen LogP contribution in [0.1, 0.15) is 15.9 Å². The van der Waals surface area contributed by atoms with Gasteiger partial charge in [-0.3, -0.25) is 34.0 Å². The summed E-state index contributed by atoms with van der Waals surface area (Å²) in [6, 6.07) is 6.58. The van der Waals surface area contributed by atoms with Crippen LogP contribution < -0.4 is 0 Å². The fourth-order valence-electron chi connectivity index (χ4n) is 3.85. The quantitative estimate of drug-likeness (QED) is 0.272. The Morgan fingerprint density at radius 3 is 1.34 bits per heavy atom. The third kappa shape index (κ3) is 12.7. The van der Waals surface area contributed by atoms with Gasteiger partial charge in [-0.2, -0.15) is 0 Å². The minimum atomic E-state index is -1.03. The van der Waals surface area contributed by atoms with Crippen LogP contribution in [0.4, 0.5) is 0 Å². The number of aliphatic carboxylic acids is 3. The Morgan fingerprint density at radius 1 is 0.629 bits per heavy atom. The number of rotatable bonds is 9. The van der Waals surface area contributed by atoms with E-state index in [1.807, 2.05) is 11.0 Å². The van der Waals surface area contributed by atoms with Crippen molar-refractivity contribution in [2.75, 3.05) is 72.0 Å². The molecule has 1 aliphatic heterocycles. The summed E-state index contributed by atoms with van der Waals surface area (Å²) in [6.07, 6.45) is 0. The molecule has 12 nitrogen and oxygen atoms in total. The van der Waals surface area contributed by atoms with E-state index in [0.717, 1.165) is 5.56 Å². The van der Waals surface area contributed by atoms with Crippen LogP contribution in [0, 0.1) is 39.9 Å². The Morgan fingerprint density at radius 2 is 1.00 bits per heavy atom. The van der Waals surface area contributed by atoms with E-state index in [1.54, 1.807) is 26.8 Å². The molecular formula is C22H32GdN4O8. The van der Waals surface area contributed by atoms with Crippen LogP contribution in [0.15, 0.2) is 24.3 Å². The molecule has 1 aromatic rings. The number of hydrogen-bond acceptors (Lipinski definition) is 8. The van der Waals surface area contributed by atoms with Gasteiger partial charge in [0.1, 0.15) is 0 Å². The minimum Gasteiger partial charge on any atom is -0.480 e. The summed E-state index contributed by atoms with van der Waals surface area (Å²) in [4.78, 5) is 52.4. The Balaban J connectivity index is 0.00000612. The topological polar surface area (TPSA) is 162 Å². The summed E-state index contributed by atoms with van der Waals surface area (Å²) < 4.78 is 0. The molecule has 1 fully saturated rings. The summed E-state index contributed by atoms with van der Waals surface area (Å²) in [6.45, 7) is 2.97. The Hall–Kier alpha value is -1.74. The van der Waals surface area contributed by atoms with Gasteiger partial charge in [0.15, 0.2) is 0 Å². The van der Waals surface area contributed by atoms with Crippen LogP contribution in [0.2, 0.25) is 0 Å². The number of carboxylic acid groups (broad SMARTS) is 4. The first kappa shape index (κ1) is 31.3. The summed E-state index contributed by atoms with van der Waals surface area (Å²) in [5.74, 6) is -3.99. The predicted octanol–water partition coefficient (Wildman–Crippen LogP) is -0.640. The Kier molecular flexibility index (Phi) is 14.4. The van der Waals surface area contributed by atoms with Gasteiger partial charge >= 0.3 is 23.9 Å². The molecule has 0 bridgehead atoms. The second-order valence-electron chi connectivity index (χ2n) is 8.29. The van der Waals surface area contributed by atoms with Crippen LogP contribution in [-0.4, -0.2) is 136 Å². The molecule has 196 valence electrons. The van der Waals surface area contributed by atoms with Crippen LogP contribution >= 0.6 is 0 Å². The third-order valence-corrected chi connectivity index (χ3v) is 5.59. The summed E-state index contributed by atoms with van der Waals surface area (Å²) in [5.41, 5.74) is 0.958. The molecule has 2 rings (SSSR count). The molecule has 1 heterocycles. The Bertz CT molecular complexity index is 840. The standard InChI is InChI=1S/C22H32N4O8.Gd/c27-19(28)14-24-6-4-23(13-17-2-1-3-18(12-17)22(33)34)5-7-25(15-20(29)30)9-11-26(10-8-24)16-21(31)32;/h1-3,12H,4-11,13-16H2,(H,27,28)(H,29,30)(H,31,32)(H,33,34);. The zero-order valence-corrected chi connectivity index (χ0v) is 21.6. The molecule has 0 unspecified atom stereocenters. The van der Waals surface area contributed by atoms with Gasteiger partial charge in [0.05, 0.1) is 25.2 Å². The zero-order valence-electron chi connectivity index (χ0n) is 19.4. The van der Waals surface area contributed by atoms with E-state index in [1.165, 1.54) is 6.07 Å². The molecule has 0 aromatic heterocycles. The maximum Gasteiger partial charge on any atom is 0.335 e. The number of aromatic carboxylic acids is 1. The van der Waals surface area contributed by atoms with Crippen molar-refractivity contribution in [2.24, 2.45) is 0 Å². The van der Waals surface area contributed by atoms with E-state index in [-0.39, 0.29) is 65.1 Å². The fourth-order valence-corrected chi connectivity index (χ4v) is 3.85. The van der Waals surface area contributed by atoms with Crippen LogP contribution in [0.25, 0.3) is 0 Å². The van der Waals surface area contributed by atoms with Gasteiger partial charge in [-0.15, -0.1) is 0 Å². The van der Waals surface area contributed by atoms with Gasteiger partial charge in [0.2, 0.25) is 0 Å². The largest absolute Gasteiger partial charge is 0.480 e. The van der Waals surface area contributed by atoms with E-state index < -0.39 is 23.9 Å². The van der Waals surface area contributed by atoms with Crippen molar-refractivity contribution >= 4 is 23.9 Å². The van der Waals surface area contributed by atoms with E-state index in [0.29, 0.717) is 58.9 Å². The van der Waals surface area contributed by atoms with Crippen molar-refractivity contribution in [3.05, 3.63) is 35.4 Å². The molecule has 1 aromatic carbocycles. The number of carboxylic acids is 4. The monoisotopic (exact) mass is 638 g/mol. The smallest absolute Gasteiger partial charge is 0.335 e. The molecule has 0 radical (unpaired) electrons. The molecule has 1 saturated heterocycles. The SMILES string of the molecule is O=C(O)CN1CCN(CC(=O)O)CCN(Cc2cccc(C(=O)O)c2)CCN(CC(=O)O)CC1.[Gd]. The average molecular weight is 638 g/mol. The molecule has 13 heteroatoms. The normalized spacial score (nSPS) is 17.5. The number of carbonyl (C=O) groups is 4. The van der Waals surface area contributed by atoms with Crippen molar-refractivity contribution < 1.29 is 79.5 Å². The van der Waals surface area contributed by atoms with Crippen molar-refractivity contribution in [3.8, 4) is 0 Å². The van der Waals surface area contributed by atoms with Gasteiger partial charge in [0, 0.05) is 98.8 Å². The maximum atomic E-state index is 11.3. The maximum absolute atomic E-state index is 11.3. The van der Waals surface area contributed by atoms with E-state index in [9.17, 15) is 39.6 Å². The Labute approximate surface area is 235 Å². The van der Waals surface area contributed by atoms with Gasteiger partial charge in [0.25, 0.3) is 0 Å². The summed E-state index contributed by atoms with van der Waals surface area (Å²) in [5, 5.41) is 37.0. The molecule has 1 aliphatic rings. The van der Waals surface area contributed by atoms with Crippen molar-refractivity contribution in [3.63, 3.8) is 0 Å². The molecule has 0 saturated carbocycles. The first-order chi connectivity index (χ1) is 16.1. The van der Waals surface area contributed by atoms with Crippen LogP contribution in [-0.2, 0) is 20.9 Å². The fraction of sp³-hybridized carbons (Fsp3) is 0.545. The van der Waals surface area contributed by atoms with Crippen molar-refractivity contribution in [1.82, 2.24) is 19.6 Å². The van der Waals surface area contributed by atoms with Crippen LogP contribution in [0.5, 0.6) is 0 Å². The molecule has 0 amide bonds. The van der Waals surface area contributed by atoms with Crippen molar-refractivity contribution in [1.29, 1.82) is 0 Å². The number of hydrogen-bond donors (Lipinski definition) is 4. The van der Waals surface area contributed by atoms with Gasteiger partial charge in [-0.1, -0.05) is 12.1 Å². The second-order valence-corrected chi connectivity index (χ2v) is 8.29. The average Bonchev–Trinajstić information content (AvgIpc) is 2.74. The van der Waals surface area contributed by atoms with Gasteiger partial charge in [-0.05, 0) is 17.7 Å². The molecule has 4 N–H and O–H groups in total. The molecular weight excluding hydrogens is 606 g/mol. The molecule has 0 aliphatic carbocycles. The number of benzene rings is 1. The van der Waals surface area contributed by atoms with Gasteiger partial charge < -0.3 is 20.4 Å². The first-order valence-corrected chi connectivity index (χ1v) is 11.0. The van der Waals surface area contributed by atoms with E-state index in [4.69, 9.17) is 0 Å². The van der Waals surface area contributed by atoms with Crippen molar-refractivity contribution in [2.45, 2.75) is 6.54 Å². The third-order valence-electron chi connectivity index (χ3n) is 5.59. The predicted molar refractivity (Wildman–Crippen MR) is 121 cm³/mol. The van der Waals surface area contributed by atoms with Gasteiger partial charge in [-0.25, -0.2) is 4.79 Å². The number of nitrogens with zero attached hydrogens (tertiary/aromatic N) is 4. The second kappa shape index (κ2) is 16.1. The minimum absolute atomic E-state index is 0. The summed E-state index contributed by atoms with van der Waals surface area (Å²) in [7, 11) is 0. The van der Waals surface area contributed by atoms with Crippen LogP contribution in [0.3, 0.4) is 0 Å². The van der Waals surface area contributed by atoms with E-state index >= 15 is 0 Å². The first-order valence-electron chi connectivity index (χ1n) is 11.0. The summed E-state index contributed by atoms with van der Waals surface area (Å²) >= 11 is 0. The van der Waals surface area contributed by atoms with E-state index in [2.05, 4.69) is 0 Å². The molecule has 0 spiro atoms. The molecule has 35 heavy (non-hydrogen) atoms.